The van der Waals surface area contributed by atoms with Crippen LogP contribution in [0.2, 0.25) is 0 Å². The lowest BCUT2D eigenvalue weighted by Gasteiger charge is -2.30. The van der Waals surface area contributed by atoms with E-state index < -0.39 is 12.1 Å². The monoisotopic (exact) mass is 648 g/mol. The van der Waals surface area contributed by atoms with Crippen LogP contribution in [0.1, 0.15) is 55.2 Å². The largest absolute Gasteiger partial charge is 0.450 e. The number of nitrogens with zero attached hydrogens (tertiary/aromatic N) is 2. The summed E-state index contributed by atoms with van der Waals surface area (Å²) in [5.74, 6) is 0.0799. The van der Waals surface area contributed by atoms with Gasteiger partial charge in [-0.05, 0) is 59.6 Å². The van der Waals surface area contributed by atoms with Crippen LogP contribution in [0.4, 0.5) is 4.79 Å². The maximum atomic E-state index is 14.4. The van der Waals surface area contributed by atoms with Gasteiger partial charge in [0, 0.05) is 31.6 Å². The summed E-state index contributed by atoms with van der Waals surface area (Å²) in [6.07, 6.45) is 2.69. The minimum Gasteiger partial charge on any atom is -0.450 e. The van der Waals surface area contributed by atoms with Crippen molar-refractivity contribution in [2.45, 2.75) is 63.1 Å². The van der Waals surface area contributed by atoms with Gasteiger partial charge in [0.15, 0.2) is 5.96 Å². The molecule has 6 N–H and O–H groups in total. The van der Waals surface area contributed by atoms with E-state index in [4.69, 9.17) is 16.2 Å². The molecule has 1 saturated heterocycles. The second-order valence-corrected chi connectivity index (χ2v) is 12.5. The third-order valence-electron chi connectivity index (χ3n) is 8.98. The number of hydrogen-bond donors (Lipinski definition) is 4. The number of nitrogens with two attached hydrogens (primary N) is 2. The van der Waals surface area contributed by atoms with Crippen molar-refractivity contribution in [3.8, 4) is 0 Å². The zero-order valence-corrected chi connectivity index (χ0v) is 27.8. The van der Waals surface area contributed by atoms with E-state index in [0.29, 0.717) is 51.9 Å². The standard InChI is InChI=1S/C39H48N6O3/c1-2-24-48-39(47)44-36(26-28-19-20-29-12-9-10-17-32(29)25-28)34-21-23-45(37(46)35(43-34)18-11-22-42-38(40)41)27-33(30-13-5-3-6-14-30)31-15-7-4-8-16-31/h3-10,12-17,19-20,25,33-36,43H,2,11,18,21-24,26-27H2,1H3,(H,44,47)(H4,40,41,42)/t34-,35+,36?/m1/s1. The topological polar surface area (TPSA) is 135 Å². The van der Waals surface area contributed by atoms with Gasteiger partial charge in [0.05, 0.1) is 18.7 Å². The lowest BCUT2D eigenvalue weighted by Crippen LogP contribution is -2.55. The fourth-order valence-electron chi connectivity index (χ4n) is 6.54. The Hall–Kier alpha value is -4.89. The Balaban J connectivity index is 1.43. The maximum Gasteiger partial charge on any atom is 0.407 e. The van der Waals surface area contributed by atoms with E-state index in [-0.39, 0.29) is 29.9 Å². The number of hydrogen-bond acceptors (Lipinski definition) is 5. The predicted molar refractivity (Wildman–Crippen MR) is 193 cm³/mol. The number of amides is 2. The molecule has 0 aromatic heterocycles. The summed E-state index contributed by atoms with van der Waals surface area (Å²) in [4.78, 5) is 33.5. The van der Waals surface area contributed by atoms with Crippen molar-refractivity contribution in [2.75, 3.05) is 26.2 Å². The SMILES string of the molecule is CCCOC(=O)NC(Cc1ccc2ccccc2c1)[C@H]1CCN(CC(c2ccccc2)c2ccccc2)C(=O)[C@H](CCCN=C(N)N)N1. The lowest BCUT2D eigenvalue weighted by atomic mass is 9.90. The summed E-state index contributed by atoms with van der Waals surface area (Å²) in [5.41, 5.74) is 14.6. The number of carbonyl (C=O) groups is 2. The summed E-state index contributed by atoms with van der Waals surface area (Å²) in [6, 6.07) is 34.3. The number of aliphatic imine (C=N–C) groups is 1. The molecule has 0 saturated carbocycles. The molecule has 3 atom stereocenters. The van der Waals surface area contributed by atoms with Gasteiger partial charge in [-0.2, -0.15) is 0 Å². The molecule has 252 valence electrons. The van der Waals surface area contributed by atoms with Crippen LogP contribution in [-0.2, 0) is 16.0 Å². The molecule has 5 rings (SSSR count). The van der Waals surface area contributed by atoms with Crippen LogP contribution < -0.4 is 22.1 Å². The Morgan fingerprint density at radius 1 is 0.958 bits per heavy atom. The minimum absolute atomic E-state index is 0.00531. The van der Waals surface area contributed by atoms with E-state index in [1.165, 1.54) is 0 Å². The third-order valence-corrected chi connectivity index (χ3v) is 8.98. The van der Waals surface area contributed by atoms with E-state index in [1.807, 2.05) is 60.4 Å². The molecule has 0 bridgehead atoms. The van der Waals surface area contributed by atoms with Gasteiger partial charge in [0.25, 0.3) is 0 Å². The average Bonchev–Trinajstić information content (AvgIpc) is 3.26. The zero-order valence-electron chi connectivity index (χ0n) is 27.8. The maximum absolute atomic E-state index is 14.4. The molecule has 1 aliphatic heterocycles. The number of nitrogens with one attached hydrogen (secondary N) is 2. The van der Waals surface area contributed by atoms with E-state index in [1.54, 1.807) is 0 Å². The van der Waals surface area contributed by atoms with Gasteiger partial charge >= 0.3 is 6.09 Å². The zero-order chi connectivity index (χ0) is 33.7. The smallest absolute Gasteiger partial charge is 0.407 e. The summed E-state index contributed by atoms with van der Waals surface area (Å²) >= 11 is 0. The quantitative estimate of drug-likeness (QED) is 0.0830. The van der Waals surface area contributed by atoms with Gasteiger partial charge in [0.1, 0.15) is 0 Å². The highest BCUT2D eigenvalue weighted by Crippen LogP contribution is 2.28. The molecule has 0 spiro atoms. The highest BCUT2D eigenvalue weighted by molar-refractivity contribution is 5.83. The normalized spacial score (nSPS) is 17.1. The third kappa shape index (κ3) is 9.58. The highest BCUT2D eigenvalue weighted by atomic mass is 16.5. The van der Waals surface area contributed by atoms with Gasteiger partial charge in [-0.15, -0.1) is 0 Å². The van der Waals surface area contributed by atoms with E-state index >= 15 is 0 Å². The van der Waals surface area contributed by atoms with Gasteiger partial charge in [0.2, 0.25) is 5.91 Å². The van der Waals surface area contributed by atoms with Gasteiger partial charge in [-0.1, -0.05) is 110 Å². The van der Waals surface area contributed by atoms with Crippen LogP contribution in [0.25, 0.3) is 10.8 Å². The predicted octanol–water partition coefficient (Wildman–Crippen LogP) is 5.33. The molecule has 0 aliphatic carbocycles. The van der Waals surface area contributed by atoms with Crippen LogP contribution in [0.15, 0.2) is 108 Å². The first kappa shape index (κ1) is 34.4. The van der Waals surface area contributed by atoms with Crippen molar-refractivity contribution in [1.82, 2.24) is 15.5 Å². The molecule has 1 heterocycles. The van der Waals surface area contributed by atoms with E-state index in [2.05, 4.69) is 70.2 Å². The molecule has 4 aromatic rings. The summed E-state index contributed by atoms with van der Waals surface area (Å²) in [5, 5.41) is 9.15. The van der Waals surface area contributed by atoms with Crippen LogP contribution in [0.3, 0.4) is 0 Å². The van der Waals surface area contributed by atoms with Gasteiger partial charge in [-0.3, -0.25) is 9.79 Å². The van der Waals surface area contributed by atoms with E-state index in [9.17, 15) is 9.59 Å². The van der Waals surface area contributed by atoms with Gasteiger partial charge in [-0.25, -0.2) is 4.79 Å². The summed E-state index contributed by atoms with van der Waals surface area (Å²) in [7, 11) is 0. The minimum atomic E-state index is -0.480. The number of ether oxygens (including phenoxy) is 1. The van der Waals surface area contributed by atoms with Crippen LogP contribution in [0.5, 0.6) is 0 Å². The van der Waals surface area contributed by atoms with Crippen molar-refractivity contribution in [2.24, 2.45) is 16.5 Å². The first-order chi connectivity index (χ1) is 23.4. The lowest BCUT2D eigenvalue weighted by molar-refractivity contribution is -0.133. The Morgan fingerprint density at radius 2 is 1.62 bits per heavy atom. The number of alkyl carbamates (subject to hydrolysis) is 1. The molecule has 48 heavy (non-hydrogen) atoms. The molecular formula is C39H48N6O3. The second kappa shape index (κ2) is 17.3. The number of carbonyl (C=O) groups excluding carboxylic acids is 2. The van der Waals surface area contributed by atoms with Crippen molar-refractivity contribution < 1.29 is 14.3 Å². The van der Waals surface area contributed by atoms with Crippen LogP contribution >= 0.6 is 0 Å². The first-order valence-corrected chi connectivity index (χ1v) is 17.0. The molecule has 1 aliphatic rings. The Bertz CT molecular complexity index is 1600. The highest BCUT2D eigenvalue weighted by Gasteiger charge is 2.36. The number of fused-ring (bicyclic) bond motifs is 1. The van der Waals surface area contributed by atoms with Gasteiger partial charge < -0.3 is 31.7 Å². The molecule has 9 heteroatoms. The molecule has 9 nitrogen and oxygen atoms in total. The molecule has 0 radical (unpaired) electrons. The molecule has 4 aromatic carbocycles. The number of guanidine groups is 1. The number of benzene rings is 4. The Morgan fingerprint density at radius 3 is 2.29 bits per heavy atom. The fraction of sp³-hybridized carbons (Fsp3) is 0.359. The molecule has 1 fully saturated rings. The van der Waals surface area contributed by atoms with Crippen molar-refractivity contribution in [3.63, 3.8) is 0 Å². The Kier molecular flexibility index (Phi) is 12.4. The second-order valence-electron chi connectivity index (χ2n) is 12.5. The molecular weight excluding hydrogens is 600 g/mol. The molecule has 2 amide bonds. The molecule has 1 unspecified atom stereocenters. The summed E-state index contributed by atoms with van der Waals surface area (Å²) < 4.78 is 5.48. The van der Waals surface area contributed by atoms with Crippen LogP contribution in [0, 0.1) is 0 Å². The fourth-order valence-corrected chi connectivity index (χ4v) is 6.54. The van der Waals surface area contributed by atoms with E-state index in [0.717, 1.165) is 33.9 Å². The van der Waals surface area contributed by atoms with Crippen molar-refractivity contribution >= 4 is 28.7 Å². The summed E-state index contributed by atoms with van der Waals surface area (Å²) in [6.45, 7) is 3.81. The van der Waals surface area contributed by atoms with Crippen LogP contribution in [-0.4, -0.2) is 67.2 Å². The Labute approximate surface area is 283 Å². The number of rotatable bonds is 14. The first-order valence-electron chi connectivity index (χ1n) is 17.0. The average molecular weight is 649 g/mol. The van der Waals surface area contributed by atoms with Crippen molar-refractivity contribution in [1.29, 1.82) is 0 Å². The van der Waals surface area contributed by atoms with Crippen molar-refractivity contribution in [3.05, 3.63) is 120 Å².